The summed E-state index contributed by atoms with van der Waals surface area (Å²) in [6.45, 7) is 4.26. The van der Waals surface area contributed by atoms with Gasteiger partial charge in [0.25, 0.3) is 0 Å². The Morgan fingerprint density at radius 1 is 1.36 bits per heavy atom. The van der Waals surface area contributed by atoms with Gasteiger partial charge in [0.05, 0.1) is 0 Å². The van der Waals surface area contributed by atoms with E-state index in [0.717, 1.165) is 5.02 Å². The molecule has 0 aliphatic rings. The molecule has 1 aromatic rings. The van der Waals surface area contributed by atoms with Crippen LogP contribution in [0.4, 0.5) is 0 Å². The molecule has 1 N–H and O–H groups in total. The van der Waals surface area contributed by atoms with Crippen LogP contribution in [0.5, 0.6) is 0 Å². The summed E-state index contributed by atoms with van der Waals surface area (Å²) in [5, 5.41) is 3.98. The van der Waals surface area contributed by atoms with E-state index in [1.165, 1.54) is 11.1 Å². The number of hydrogen-bond acceptors (Lipinski definition) is 1. The summed E-state index contributed by atoms with van der Waals surface area (Å²) in [6, 6.07) is 8.27. The van der Waals surface area contributed by atoms with E-state index in [2.05, 4.69) is 25.2 Å². The second kappa shape index (κ2) is 5.18. The third-order valence-corrected chi connectivity index (χ3v) is 2.63. The molecule has 0 aromatic heterocycles. The van der Waals surface area contributed by atoms with Gasteiger partial charge in [-0.3, -0.25) is 0 Å². The predicted octanol–water partition coefficient (Wildman–Crippen LogP) is 3.35. The van der Waals surface area contributed by atoms with Gasteiger partial charge in [-0.2, -0.15) is 0 Å². The van der Waals surface area contributed by atoms with Gasteiger partial charge in [0.1, 0.15) is 0 Å². The van der Waals surface area contributed by atoms with Crippen molar-refractivity contribution in [1.29, 1.82) is 0 Å². The summed E-state index contributed by atoms with van der Waals surface area (Å²) in [4.78, 5) is 0. The van der Waals surface area contributed by atoms with E-state index >= 15 is 0 Å². The lowest BCUT2D eigenvalue weighted by Gasteiger charge is -2.10. The lowest BCUT2D eigenvalue weighted by atomic mass is 10.1. The minimum Gasteiger partial charge on any atom is -0.314 e. The largest absolute Gasteiger partial charge is 0.314 e. The zero-order valence-electron chi connectivity index (χ0n) is 8.84. The molecule has 1 unspecified atom stereocenters. The highest BCUT2D eigenvalue weighted by atomic mass is 35.5. The molecule has 14 heavy (non-hydrogen) atoms. The first-order chi connectivity index (χ1) is 6.63. The van der Waals surface area contributed by atoms with Gasteiger partial charge in [0.15, 0.2) is 0 Å². The average Bonchev–Trinajstić information content (AvgIpc) is 2.20. The van der Waals surface area contributed by atoms with E-state index in [4.69, 9.17) is 11.6 Å². The van der Waals surface area contributed by atoms with E-state index in [1.54, 1.807) is 0 Å². The van der Waals surface area contributed by atoms with Crippen LogP contribution < -0.4 is 5.32 Å². The Bertz CT molecular complexity index is 314. The van der Waals surface area contributed by atoms with Gasteiger partial charge in [0.2, 0.25) is 0 Å². The molecule has 1 rings (SSSR count). The Hall–Kier alpha value is -0.790. The van der Waals surface area contributed by atoms with Crippen molar-refractivity contribution in [2.75, 3.05) is 7.05 Å². The number of nitrogens with one attached hydrogen (secondary N) is 1. The minimum atomic E-state index is 0.408. The maximum atomic E-state index is 5.81. The van der Waals surface area contributed by atoms with Gasteiger partial charge in [0, 0.05) is 11.1 Å². The number of hydrogen-bond donors (Lipinski definition) is 1. The van der Waals surface area contributed by atoms with Crippen molar-refractivity contribution in [2.45, 2.75) is 19.9 Å². The molecule has 0 saturated carbocycles. The molecule has 0 bridgehead atoms. The SMILES string of the molecule is CNC(C)/C(C)=C/c1ccc(Cl)cc1. The Kier molecular flexibility index (Phi) is 4.18. The standard InChI is InChI=1S/C12H16ClN/c1-9(10(2)14-3)8-11-4-6-12(13)7-5-11/h4-8,10,14H,1-3H3/b9-8+. The van der Waals surface area contributed by atoms with Gasteiger partial charge in [-0.15, -0.1) is 0 Å². The van der Waals surface area contributed by atoms with Crippen molar-refractivity contribution < 1.29 is 0 Å². The second-order valence-electron chi connectivity index (χ2n) is 3.45. The number of likely N-dealkylation sites (N-methyl/N-ethyl adjacent to an activating group) is 1. The lowest BCUT2D eigenvalue weighted by molar-refractivity contribution is 0.696. The van der Waals surface area contributed by atoms with Crippen molar-refractivity contribution in [3.8, 4) is 0 Å². The monoisotopic (exact) mass is 209 g/mol. The second-order valence-corrected chi connectivity index (χ2v) is 3.89. The van der Waals surface area contributed by atoms with Crippen molar-refractivity contribution in [1.82, 2.24) is 5.32 Å². The van der Waals surface area contributed by atoms with Crippen LogP contribution >= 0.6 is 11.6 Å². The van der Waals surface area contributed by atoms with Crippen LogP contribution in [0.25, 0.3) is 6.08 Å². The van der Waals surface area contributed by atoms with E-state index in [0.29, 0.717) is 6.04 Å². The van der Waals surface area contributed by atoms with Crippen LogP contribution in [-0.2, 0) is 0 Å². The minimum absolute atomic E-state index is 0.408. The molecule has 0 saturated heterocycles. The summed E-state index contributed by atoms with van der Waals surface area (Å²) < 4.78 is 0. The number of benzene rings is 1. The van der Waals surface area contributed by atoms with Crippen LogP contribution in [0.1, 0.15) is 19.4 Å². The fourth-order valence-corrected chi connectivity index (χ4v) is 1.30. The number of rotatable bonds is 3. The van der Waals surface area contributed by atoms with Crippen LogP contribution in [0, 0.1) is 0 Å². The van der Waals surface area contributed by atoms with Gasteiger partial charge in [-0.1, -0.05) is 35.4 Å². The topological polar surface area (TPSA) is 12.0 Å². The third-order valence-electron chi connectivity index (χ3n) is 2.38. The van der Waals surface area contributed by atoms with E-state index in [9.17, 15) is 0 Å². The Morgan fingerprint density at radius 3 is 2.43 bits per heavy atom. The van der Waals surface area contributed by atoms with Gasteiger partial charge < -0.3 is 5.32 Å². The fourth-order valence-electron chi connectivity index (χ4n) is 1.17. The summed E-state index contributed by atoms with van der Waals surface area (Å²) in [7, 11) is 1.96. The van der Waals surface area contributed by atoms with Gasteiger partial charge in [-0.25, -0.2) is 0 Å². The van der Waals surface area contributed by atoms with Crippen LogP contribution in [0.3, 0.4) is 0 Å². The predicted molar refractivity (Wildman–Crippen MR) is 63.6 cm³/mol. The molecule has 0 aliphatic heterocycles. The van der Waals surface area contributed by atoms with E-state index in [-0.39, 0.29) is 0 Å². The molecule has 0 aliphatic carbocycles. The first-order valence-corrected chi connectivity index (χ1v) is 5.12. The van der Waals surface area contributed by atoms with E-state index < -0.39 is 0 Å². The van der Waals surface area contributed by atoms with Crippen LogP contribution in [-0.4, -0.2) is 13.1 Å². The molecule has 1 aromatic carbocycles. The summed E-state index contributed by atoms with van der Waals surface area (Å²) in [5.74, 6) is 0. The van der Waals surface area contributed by atoms with E-state index in [1.807, 2.05) is 31.3 Å². The van der Waals surface area contributed by atoms with Crippen molar-refractivity contribution in [2.24, 2.45) is 0 Å². The normalized spacial score (nSPS) is 14.1. The lowest BCUT2D eigenvalue weighted by Crippen LogP contribution is -2.21. The zero-order valence-corrected chi connectivity index (χ0v) is 9.60. The van der Waals surface area contributed by atoms with Crippen molar-refractivity contribution in [3.05, 3.63) is 40.4 Å². The summed E-state index contributed by atoms with van der Waals surface area (Å²) in [5.41, 5.74) is 2.50. The maximum Gasteiger partial charge on any atom is 0.0406 e. The molecule has 1 atom stereocenters. The highest BCUT2D eigenvalue weighted by molar-refractivity contribution is 6.30. The smallest absolute Gasteiger partial charge is 0.0406 e. The Labute approximate surface area is 90.8 Å². The highest BCUT2D eigenvalue weighted by Gasteiger charge is 1.99. The molecule has 2 heteroatoms. The molecule has 0 amide bonds. The number of halogens is 1. The first-order valence-electron chi connectivity index (χ1n) is 4.74. The van der Waals surface area contributed by atoms with Gasteiger partial charge >= 0.3 is 0 Å². The van der Waals surface area contributed by atoms with Crippen molar-refractivity contribution >= 4 is 17.7 Å². The van der Waals surface area contributed by atoms with Crippen LogP contribution in [0.15, 0.2) is 29.8 Å². The summed E-state index contributed by atoms with van der Waals surface area (Å²) >= 11 is 5.81. The Balaban J connectivity index is 2.81. The van der Waals surface area contributed by atoms with Crippen molar-refractivity contribution in [3.63, 3.8) is 0 Å². The molecular formula is C12H16ClN. The summed E-state index contributed by atoms with van der Waals surface area (Å²) in [6.07, 6.45) is 2.16. The molecule has 0 heterocycles. The molecule has 0 radical (unpaired) electrons. The zero-order chi connectivity index (χ0) is 10.6. The molecule has 0 fully saturated rings. The maximum absolute atomic E-state index is 5.81. The quantitative estimate of drug-likeness (QED) is 0.805. The molecule has 1 nitrogen and oxygen atoms in total. The third kappa shape index (κ3) is 3.17. The van der Waals surface area contributed by atoms with Gasteiger partial charge in [-0.05, 0) is 38.6 Å². The molecule has 0 spiro atoms. The van der Waals surface area contributed by atoms with Crippen LogP contribution in [0.2, 0.25) is 5.02 Å². The molecule has 76 valence electrons. The molecular weight excluding hydrogens is 194 g/mol. The highest BCUT2D eigenvalue weighted by Crippen LogP contribution is 2.13. The fraction of sp³-hybridized carbons (Fsp3) is 0.333. The first kappa shape index (κ1) is 11.3. The Morgan fingerprint density at radius 2 is 1.93 bits per heavy atom. The average molecular weight is 210 g/mol.